The summed E-state index contributed by atoms with van der Waals surface area (Å²) >= 11 is 7.05. The van der Waals surface area contributed by atoms with Crippen molar-refractivity contribution in [2.75, 3.05) is 12.0 Å². The van der Waals surface area contributed by atoms with Crippen molar-refractivity contribution in [3.8, 4) is 0 Å². The van der Waals surface area contributed by atoms with Crippen molar-refractivity contribution in [2.24, 2.45) is 0 Å². The van der Waals surface area contributed by atoms with Gasteiger partial charge >= 0.3 is 0 Å². The van der Waals surface area contributed by atoms with Crippen LogP contribution in [0.4, 0.5) is 0 Å². The quantitative estimate of drug-likeness (QED) is 0.625. The summed E-state index contributed by atoms with van der Waals surface area (Å²) in [6.45, 7) is 5.25. The lowest BCUT2D eigenvalue weighted by molar-refractivity contribution is 0.608. The SMILES string of the molecule is CSCCCn1c(C(C)C)n[nH]c1=S. The van der Waals surface area contributed by atoms with Gasteiger partial charge in [-0.1, -0.05) is 13.8 Å². The highest BCUT2D eigenvalue weighted by Gasteiger charge is 2.08. The molecule has 0 radical (unpaired) electrons. The summed E-state index contributed by atoms with van der Waals surface area (Å²) in [4.78, 5) is 0. The van der Waals surface area contributed by atoms with E-state index in [0.717, 1.165) is 23.6 Å². The Morgan fingerprint density at radius 1 is 1.57 bits per heavy atom. The molecule has 0 aliphatic heterocycles. The molecular weight excluding hydrogens is 214 g/mol. The van der Waals surface area contributed by atoms with Crippen molar-refractivity contribution in [3.63, 3.8) is 0 Å². The number of aromatic nitrogens is 3. The molecule has 5 heteroatoms. The molecule has 0 unspecified atom stereocenters. The summed E-state index contributed by atoms with van der Waals surface area (Å²) in [5.74, 6) is 2.66. The predicted molar refractivity (Wildman–Crippen MR) is 64.5 cm³/mol. The van der Waals surface area contributed by atoms with Crippen LogP contribution in [0.2, 0.25) is 0 Å². The fourth-order valence-corrected chi connectivity index (χ4v) is 2.00. The Morgan fingerprint density at radius 3 is 2.86 bits per heavy atom. The number of hydrogen-bond donors (Lipinski definition) is 1. The molecule has 1 heterocycles. The van der Waals surface area contributed by atoms with Crippen LogP contribution in [-0.2, 0) is 6.54 Å². The minimum atomic E-state index is 0.428. The summed E-state index contributed by atoms with van der Waals surface area (Å²) in [6.07, 6.45) is 3.27. The van der Waals surface area contributed by atoms with E-state index >= 15 is 0 Å². The van der Waals surface area contributed by atoms with Crippen molar-refractivity contribution in [1.29, 1.82) is 0 Å². The molecule has 0 fully saturated rings. The van der Waals surface area contributed by atoms with Gasteiger partial charge in [0, 0.05) is 12.5 Å². The van der Waals surface area contributed by atoms with E-state index in [1.54, 1.807) is 0 Å². The molecule has 0 spiro atoms. The molecule has 14 heavy (non-hydrogen) atoms. The molecular formula is C9H17N3S2. The Bertz CT molecular complexity index is 327. The minimum Gasteiger partial charge on any atom is -0.304 e. The first-order chi connectivity index (χ1) is 6.66. The van der Waals surface area contributed by atoms with E-state index in [1.807, 2.05) is 11.8 Å². The molecule has 0 amide bonds. The Kier molecular flexibility index (Phi) is 4.68. The molecule has 1 aromatic heterocycles. The molecule has 1 rings (SSSR count). The molecule has 0 atom stereocenters. The zero-order chi connectivity index (χ0) is 10.6. The fourth-order valence-electron chi connectivity index (χ4n) is 1.35. The molecule has 80 valence electrons. The lowest BCUT2D eigenvalue weighted by atomic mass is 10.2. The summed E-state index contributed by atoms with van der Waals surface area (Å²) in [5.41, 5.74) is 0. The van der Waals surface area contributed by atoms with Gasteiger partial charge in [0.05, 0.1) is 0 Å². The lowest BCUT2D eigenvalue weighted by Crippen LogP contribution is -2.06. The Balaban J connectivity index is 2.73. The number of hydrogen-bond acceptors (Lipinski definition) is 3. The van der Waals surface area contributed by atoms with Crippen molar-refractivity contribution in [3.05, 3.63) is 10.6 Å². The van der Waals surface area contributed by atoms with Gasteiger partial charge in [-0.15, -0.1) is 0 Å². The van der Waals surface area contributed by atoms with Gasteiger partial charge in [0.15, 0.2) is 4.77 Å². The number of aromatic amines is 1. The van der Waals surface area contributed by atoms with E-state index in [4.69, 9.17) is 12.2 Å². The monoisotopic (exact) mass is 231 g/mol. The van der Waals surface area contributed by atoms with Gasteiger partial charge in [0.25, 0.3) is 0 Å². The summed E-state index contributed by atoms with van der Waals surface area (Å²) in [7, 11) is 0. The maximum atomic E-state index is 5.18. The maximum Gasteiger partial charge on any atom is 0.195 e. The van der Waals surface area contributed by atoms with Gasteiger partial charge in [-0.25, -0.2) is 0 Å². The van der Waals surface area contributed by atoms with Gasteiger partial charge < -0.3 is 4.57 Å². The summed E-state index contributed by atoms with van der Waals surface area (Å²) < 4.78 is 2.85. The lowest BCUT2D eigenvalue weighted by Gasteiger charge is -2.08. The molecule has 3 nitrogen and oxygen atoms in total. The van der Waals surface area contributed by atoms with Crippen LogP contribution in [0.25, 0.3) is 0 Å². The Labute approximate surface area is 94.3 Å². The van der Waals surface area contributed by atoms with E-state index in [2.05, 4.69) is 34.9 Å². The third-order valence-electron chi connectivity index (χ3n) is 2.03. The van der Waals surface area contributed by atoms with E-state index < -0.39 is 0 Å². The first-order valence-corrected chi connectivity index (χ1v) is 6.61. The largest absolute Gasteiger partial charge is 0.304 e. The zero-order valence-corrected chi connectivity index (χ0v) is 10.5. The third-order valence-corrected chi connectivity index (χ3v) is 3.04. The molecule has 0 saturated heterocycles. The highest BCUT2D eigenvalue weighted by atomic mass is 32.2. The van der Waals surface area contributed by atoms with Gasteiger partial charge in [0.2, 0.25) is 0 Å². The molecule has 0 saturated carbocycles. The molecule has 0 bridgehead atoms. The highest BCUT2D eigenvalue weighted by Crippen LogP contribution is 2.12. The van der Waals surface area contributed by atoms with E-state index in [9.17, 15) is 0 Å². The van der Waals surface area contributed by atoms with E-state index in [0.29, 0.717) is 5.92 Å². The van der Waals surface area contributed by atoms with Crippen LogP contribution in [-0.4, -0.2) is 26.8 Å². The second kappa shape index (κ2) is 5.56. The molecule has 1 N–H and O–H groups in total. The van der Waals surface area contributed by atoms with Crippen molar-refractivity contribution < 1.29 is 0 Å². The topological polar surface area (TPSA) is 33.6 Å². The van der Waals surface area contributed by atoms with Crippen molar-refractivity contribution >= 4 is 24.0 Å². The highest BCUT2D eigenvalue weighted by molar-refractivity contribution is 7.98. The van der Waals surface area contributed by atoms with Gasteiger partial charge in [0.1, 0.15) is 5.82 Å². The number of nitrogens with one attached hydrogen (secondary N) is 1. The summed E-state index contributed by atoms with van der Waals surface area (Å²) in [6, 6.07) is 0. The molecule has 0 aromatic carbocycles. The predicted octanol–water partition coefficient (Wildman–Crippen LogP) is 2.82. The van der Waals surface area contributed by atoms with Crippen LogP contribution in [0, 0.1) is 4.77 Å². The van der Waals surface area contributed by atoms with Crippen LogP contribution >= 0.6 is 24.0 Å². The smallest absolute Gasteiger partial charge is 0.195 e. The van der Waals surface area contributed by atoms with Crippen LogP contribution in [0.15, 0.2) is 0 Å². The van der Waals surface area contributed by atoms with Crippen molar-refractivity contribution in [1.82, 2.24) is 14.8 Å². The van der Waals surface area contributed by atoms with Gasteiger partial charge in [-0.05, 0) is 30.6 Å². The van der Waals surface area contributed by atoms with Crippen LogP contribution in [0.3, 0.4) is 0 Å². The Hall–Kier alpha value is -0.290. The first-order valence-electron chi connectivity index (χ1n) is 4.81. The number of rotatable bonds is 5. The molecule has 0 aliphatic rings. The average Bonchev–Trinajstić information content (AvgIpc) is 2.48. The minimum absolute atomic E-state index is 0.428. The maximum absolute atomic E-state index is 5.18. The first kappa shape index (κ1) is 11.8. The number of nitrogens with zero attached hydrogens (tertiary/aromatic N) is 2. The van der Waals surface area contributed by atoms with Crippen LogP contribution < -0.4 is 0 Å². The number of H-pyrrole nitrogens is 1. The van der Waals surface area contributed by atoms with Crippen LogP contribution in [0.1, 0.15) is 32.0 Å². The van der Waals surface area contributed by atoms with Gasteiger partial charge in [-0.2, -0.15) is 16.9 Å². The van der Waals surface area contributed by atoms with Crippen molar-refractivity contribution in [2.45, 2.75) is 32.7 Å². The second-order valence-electron chi connectivity index (χ2n) is 3.54. The molecule has 1 aromatic rings. The normalized spacial score (nSPS) is 11.1. The third kappa shape index (κ3) is 2.85. The second-order valence-corrected chi connectivity index (χ2v) is 4.91. The number of thioether (sulfide) groups is 1. The average molecular weight is 231 g/mol. The standard InChI is InChI=1S/C9H17N3S2/c1-7(2)8-10-11-9(13)12(8)5-4-6-14-3/h7H,4-6H2,1-3H3,(H,11,13). The van der Waals surface area contributed by atoms with Gasteiger partial charge in [-0.3, -0.25) is 5.10 Å². The van der Waals surface area contributed by atoms with E-state index in [1.165, 1.54) is 5.75 Å². The molecule has 0 aliphatic carbocycles. The van der Waals surface area contributed by atoms with E-state index in [-0.39, 0.29) is 0 Å². The zero-order valence-electron chi connectivity index (χ0n) is 8.91. The Morgan fingerprint density at radius 2 is 2.29 bits per heavy atom. The summed E-state index contributed by atoms with van der Waals surface area (Å²) in [5, 5.41) is 7.09. The fraction of sp³-hybridized carbons (Fsp3) is 0.778. The van der Waals surface area contributed by atoms with Crippen LogP contribution in [0.5, 0.6) is 0 Å².